The molecule has 3 rings (SSSR count). The minimum Gasteiger partial charge on any atom is -0.480 e. The SMILES string of the molecule is Cc1ccc(Cl)c(OCC(=O)OCc2cn3cc(C)ccc3n2)c1. The van der Waals surface area contributed by atoms with Crippen molar-refractivity contribution in [1.29, 1.82) is 0 Å². The number of hydrogen-bond acceptors (Lipinski definition) is 4. The highest BCUT2D eigenvalue weighted by Gasteiger charge is 2.09. The summed E-state index contributed by atoms with van der Waals surface area (Å²) in [6, 6.07) is 9.29. The van der Waals surface area contributed by atoms with E-state index in [0.29, 0.717) is 16.5 Å². The molecule has 0 saturated carbocycles. The smallest absolute Gasteiger partial charge is 0.344 e. The maximum absolute atomic E-state index is 11.8. The molecule has 0 aliphatic carbocycles. The molecule has 0 unspecified atom stereocenters. The lowest BCUT2D eigenvalue weighted by Crippen LogP contribution is -2.15. The quantitative estimate of drug-likeness (QED) is 0.662. The molecule has 0 aliphatic heterocycles. The van der Waals surface area contributed by atoms with Gasteiger partial charge in [0.15, 0.2) is 6.61 Å². The molecule has 1 aromatic carbocycles. The summed E-state index contributed by atoms with van der Waals surface area (Å²) >= 11 is 6.02. The zero-order valence-corrected chi connectivity index (χ0v) is 14.2. The highest BCUT2D eigenvalue weighted by molar-refractivity contribution is 6.32. The number of aromatic nitrogens is 2. The zero-order chi connectivity index (χ0) is 17.1. The number of aryl methyl sites for hydroxylation is 2. The predicted molar refractivity (Wildman–Crippen MR) is 91.4 cm³/mol. The number of hydrogen-bond donors (Lipinski definition) is 0. The Labute approximate surface area is 144 Å². The number of benzene rings is 1. The van der Waals surface area contributed by atoms with Gasteiger partial charge in [0.05, 0.1) is 10.7 Å². The van der Waals surface area contributed by atoms with Crippen molar-refractivity contribution in [2.45, 2.75) is 20.5 Å². The Morgan fingerprint density at radius 2 is 1.96 bits per heavy atom. The van der Waals surface area contributed by atoms with Crippen LogP contribution in [-0.2, 0) is 16.1 Å². The van der Waals surface area contributed by atoms with Gasteiger partial charge in [0, 0.05) is 12.4 Å². The topological polar surface area (TPSA) is 52.8 Å². The van der Waals surface area contributed by atoms with E-state index in [1.165, 1.54) is 0 Å². The first-order valence-electron chi connectivity index (χ1n) is 7.50. The highest BCUT2D eigenvalue weighted by atomic mass is 35.5. The van der Waals surface area contributed by atoms with Crippen LogP contribution >= 0.6 is 11.6 Å². The molecule has 5 nitrogen and oxygen atoms in total. The molecule has 0 N–H and O–H groups in total. The van der Waals surface area contributed by atoms with E-state index in [2.05, 4.69) is 4.98 Å². The van der Waals surface area contributed by atoms with Crippen molar-refractivity contribution in [3.05, 3.63) is 64.6 Å². The predicted octanol–water partition coefficient (Wildman–Crippen LogP) is 3.73. The average molecular weight is 345 g/mol. The number of fused-ring (bicyclic) bond motifs is 1. The summed E-state index contributed by atoms with van der Waals surface area (Å²) in [7, 11) is 0. The largest absolute Gasteiger partial charge is 0.480 e. The molecule has 0 fully saturated rings. The molecule has 6 heteroatoms. The summed E-state index contributed by atoms with van der Waals surface area (Å²) in [5, 5.41) is 0.462. The van der Waals surface area contributed by atoms with Gasteiger partial charge in [-0.05, 0) is 43.2 Å². The summed E-state index contributed by atoms with van der Waals surface area (Å²) in [6.45, 7) is 3.83. The van der Waals surface area contributed by atoms with E-state index < -0.39 is 5.97 Å². The molecule has 0 aliphatic rings. The second-order valence-corrected chi connectivity index (χ2v) is 5.99. The maximum atomic E-state index is 11.8. The third kappa shape index (κ3) is 3.86. The number of imidazole rings is 1. The third-order valence-electron chi connectivity index (χ3n) is 3.46. The monoisotopic (exact) mass is 344 g/mol. The van der Waals surface area contributed by atoms with Gasteiger partial charge in [-0.2, -0.15) is 0 Å². The number of ether oxygens (including phenoxy) is 2. The fourth-order valence-electron chi connectivity index (χ4n) is 2.28. The van der Waals surface area contributed by atoms with Crippen LogP contribution in [0.4, 0.5) is 0 Å². The highest BCUT2D eigenvalue weighted by Crippen LogP contribution is 2.25. The molecule has 0 spiro atoms. The van der Waals surface area contributed by atoms with Crippen LogP contribution in [0, 0.1) is 13.8 Å². The van der Waals surface area contributed by atoms with Crippen molar-refractivity contribution < 1.29 is 14.3 Å². The summed E-state index contributed by atoms with van der Waals surface area (Å²) in [4.78, 5) is 16.2. The first-order chi connectivity index (χ1) is 11.5. The van der Waals surface area contributed by atoms with E-state index in [0.717, 1.165) is 16.8 Å². The number of carbonyl (C=O) groups excluding carboxylic acids is 1. The molecule has 0 amide bonds. The number of halogens is 1. The lowest BCUT2D eigenvalue weighted by molar-refractivity contribution is -0.147. The first-order valence-corrected chi connectivity index (χ1v) is 7.88. The fraction of sp³-hybridized carbons (Fsp3) is 0.222. The van der Waals surface area contributed by atoms with E-state index in [-0.39, 0.29) is 13.2 Å². The summed E-state index contributed by atoms with van der Waals surface area (Å²) in [5.74, 6) is -0.00219. The lowest BCUT2D eigenvalue weighted by Gasteiger charge is -2.08. The second kappa shape index (κ2) is 6.93. The van der Waals surface area contributed by atoms with Crippen LogP contribution in [0.3, 0.4) is 0 Å². The van der Waals surface area contributed by atoms with Gasteiger partial charge in [-0.15, -0.1) is 0 Å². The molecule has 0 bridgehead atoms. The van der Waals surface area contributed by atoms with E-state index >= 15 is 0 Å². The summed E-state index contributed by atoms with van der Waals surface area (Å²) < 4.78 is 12.5. The van der Waals surface area contributed by atoms with E-state index in [1.807, 2.05) is 48.8 Å². The number of rotatable bonds is 5. The van der Waals surface area contributed by atoms with Crippen molar-refractivity contribution >= 4 is 23.2 Å². The van der Waals surface area contributed by atoms with Crippen molar-refractivity contribution in [3.8, 4) is 5.75 Å². The molecule has 0 saturated heterocycles. The fourth-order valence-corrected chi connectivity index (χ4v) is 2.45. The van der Waals surface area contributed by atoms with Crippen LogP contribution in [0.25, 0.3) is 5.65 Å². The maximum Gasteiger partial charge on any atom is 0.344 e. The normalized spacial score (nSPS) is 10.8. The van der Waals surface area contributed by atoms with Crippen molar-refractivity contribution in [2.75, 3.05) is 6.61 Å². The number of pyridine rings is 1. The lowest BCUT2D eigenvalue weighted by atomic mass is 10.2. The van der Waals surface area contributed by atoms with Gasteiger partial charge in [0.2, 0.25) is 0 Å². The molecular weight excluding hydrogens is 328 g/mol. The minimum absolute atomic E-state index is 0.102. The van der Waals surface area contributed by atoms with Crippen LogP contribution < -0.4 is 4.74 Å². The molecule has 0 atom stereocenters. The van der Waals surface area contributed by atoms with Gasteiger partial charge in [0.25, 0.3) is 0 Å². The van der Waals surface area contributed by atoms with Crippen molar-refractivity contribution in [1.82, 2.24) is 9.38 Å². The van der Waals surface area contributed by atoms with E-state index in [9.17, 15) is 4.79 Å². The number of nitrogens with zero attached hydrogens (tertiary/aromatic N) is 2. The van der Waals surface area contributed by atoms with Gasteiger partial charge in [-0.3, -0.25) is 0 Å². The van der Waals surface area contributed by atoms with Gasteiger partial charge in [0.1, 0.15) is 18.0 Å². The van der Waals surface area contributed by atoms with Crippen molar-refractivity contribution in [3.63, 3.8) is 0 Å². The van der Waals surface area contributed by atoms with Crippen LogP contribution in [0.2, 0.25) is 5.02 Å². The number of esters is 1. The molecular formula is C18H17ClN2O3. The average Bonchev–Trinajstić information content (AvgIpc) is 2.95. The minimum atomic E-state index is -0.471. The standard InChI is InChI=1S/C18H17ClN2O3/c1-12-3-5-15(19)16(7-12)23-11-18(22)24-10-14-9-21-8-13(2)4-6-17(21)20-14/h3-9H,10-11H2,1-2H3. The van der Waals surface area contributed by atoms with Crippen LogP contribution in [-0.4, -0.2) is 22.0 Å². The van der Waals surface area contributed by atoms with Gasteiger partial charge in [-0.1, -0.05) is 23.7 Å². The molecule has 124 valence electrons. The first kappa shape index (κ1) is 16.3. The van der Waals surface area contributed by atoms with Gasteiger partial charge >= 0.3 is 5.97 Å². The Morgan fingerprint density at radius 3 is 2.79 bits per heavy atom. The molecule has 2 heterocycles. The van der Waals surface area contributed by atoms with Crippen LogP contribution in [0.5, 0.6) is 5.75 Å². The Morgan fingerprint density at radius 1 is 1.17 bits per heavy atom. The molecule has 3 aromatic rings. The Hall–Kier alpha value is -2.53. The van der Waals surface area contributed by atoms with E-state index in [1.54, 1.807) is 12.1 Å². The second-order valence-electron chi connectivity index (χ2n) is 5.59. The van der Waals surface area contributed by atoms with Crippen LogP contribution in [0.15, 0.2) is 42.7 Å². The van der Waals surface area contributed by atoms with E-state index in [4.69, 9.17) is 21.1 Å². The van der Waals surface area contributed by atoms with Gasteiger partial charge < -0.3 is 13.9 Å². The Kier molecular flexibility index (Phi) is 4.71. The van der Waals surface area contributed by atoms with Crippen LogP contribution in [0.1, 0.15) is 16.8 Å². The Balaban J connectivity index is 1.55. The molecule has 2 aromatic heterocycles. The Bertz CT molecular complexity index is 889. The third-order valence-corrected chi connectivity index (χ3v) is 3.77. The molecule has 24 heavy (non-hydrogen) atoms. The zero-order valence-electron chi connectivity index (χ0n) is 13.5. The summed E-state index contributed by atoms with van der Waals surface area (Å²) in [6.07, 6.45) is 3.81. The molecule has 0 radical (unpaired) electrons. The van der Waals surface area contributed by atoms with Crippen molar-refractivity contribution in [2.24, 2.45) is 0 Å². The van der Waals surface area contributed by atoms with Gasteiger partial charge in [-0.25, -0.2) is 9.78 Å². The number of carbonyl (C=O) groups is 1. The summed E-state index contributed by atoms with van der Waals surface area (Å²) in [5.41, 5.74) is 3.63.